The molecule has 0 aliphatic heterocycles. The van der Waals surface area contributed by atoms with Crippen molar-refractivity contribution in [3.05, 3.63) is 105 Å². The van der Waals surface area contributed by atoms with E-state index in [4.69, 9.17) is 0 Å². The maximum atomic E-state index is 13.7. The molecule has 2 nitrogen and oxygen atoms in total. The Kier molecular flexibility index (Phi) is 6.37. The minimum atomic E-state index is -0.657. The lowest BCUT2D eigenvalue weighted by Gasteiger charge is -2.18. The highest BCUT2D eigenvalue weighted by atomic mass is 79.9. The number of halogens is 4. The lowest BCUT2D eigenvalue weighted by Crippen LogP contribution is -2.13. The van der Waals surface area contributed by atoms with Gasteiger partial charge in [-0.15, -0.1) is 0 Å². The van der Waals surface area contributed by atoms with Gasteiger partial charge in [0.2, 0.25) is 0 Å². The summed E-state index contributed by atoms with van der Waals surface area (Å²) in [5.41, 5.74) is 3.71. The Hall–Kier alpha value is -2.73. The number of Topliss-reactive ketones (excluding diaryl/α,β-unsaturated/α-hetero) is 1. The van der Waals surface area contributed by atoms with E-state index >= 15 is 0 Å². The SMILES string of the molecule is O=C(CC1=CCc2ccc(F)cc21)C[C@@H](Cc1cc(F)cc(F)c1)c1ncccc1Br. The van der Waals surface area contributed by atoms with Crippen molar-refractivity contribution in [2.24, 2.45) is 0 Å². The fourth-order valence-corrected chi connectivity index (χ4v) is 4.65. The molecular formula is C25H19BrF3NO. The van der Waals surface area contributed by atoms with E-state index in [0.29, 0.717) is 17.7 Å². The molecule has 1 heterocycles. The van der Waals surface area contributed by atoms with Gasteiger partial charge in [0.1, 0.15) is 23.2 Å². The molecule has 0 amide bonds. The standard InChI is InChI=1S/C25H19BrF3NO/c26-24-2-1-7-30-25(24)18(8-15-9-20(28)13-21(29)10-15)12-22(31)11-17-4-3-16-5-6-19(27)14-23(16)17/h1-2,4-7,9-10,13-14,18H,3,8,11-12H2/t18-/m1/s1. The van der Waals surface area contributed by atoms with Crippen molar-refractivity contribution in [2.75, 3.05) is 0 Å². The highest BCUT2D eigenvalue weighted by Gasteiger charge is 2.23. The van der Waals surface area contributed by atoms with Crippen molar-refractivity contribution in [1.29, 1.82) is 0 Å². The summed E-state index contributed by atoms with van der Waals surface area (Å²) in [6.45, 7) is 0. The van der Waals surface area contributed by atoms with E-state index in [0.717, 1.165) is 27.2 Å². The number of rotatable bonds is 7. The summed E-state index contributed by atoms with van der Waals surface area (Å²) in [5, 5.41) is 0. The van der Waals surface area contributed by atoms with Crippen molar-refractivity contribution in [3.63, 3.8) is 0 Å². The van der Waals surface area contributed by atoms with Gasteiger partial charge >= 0.3 is 0 Å². The first-order valence-corrected chi connectivity index (χ1v) is 10.7. The molecule has 0 fully saturated rings. The van der Waals surface area contributed by atoms with Crippen LogP contribution in [0.5, 0.6) is 0 Å². The summed E-state index contributed by atoms with van der Waals surface area (Å²) in [7, 11) is 0. The van der Waals surface area contributed by atoms with E-state index in [-0.39, 0.29) is 36.8 Å². The highest BCUT2D eigenvalue weighted by molar-refractivity contribution is 9.10. The van der Waals surface area contributed by atoms with Gasteiger partial charge in [-0.05, 0) is 87.4 Å². The molecule has 0 saturated carbocycles. The Morgan fingerprint density at radius 1 is 1.03 bits per heavy atom. The lowest BCUT2D eigenvalue weighted by atomic mass is 9.88. The van der Waals surface area contributed by atoms with Crippen LogP contribution in [0.1, 0.15) is 41.1 Å². The molecule has 0 bridgehead atoms. The smallest absolute Gasteiger partial charge is 0.137 e. The van der Waals surface area contributed by atoms with Crippen LogP contribution in [-0.4, -0.2) is 10.8 Å². The Balaban J connectivity index is 1.56. The average Bonchev–Trinajstić information content (AvgIpc) is 3.09. The Labute approximate surface area is 187 Å². The number of carbonyl (C=O) groups excluding carboxylic acids is 1. The number of ketones is 1. The normalized spacial score (nSPS) is 13.6. The van der Waals surface area contributed by atoms with Crippen LogP contribution in [0.25, 0.3) is 5.57 Å². The Morgan fingerprint density at radius 2 is 1.81 bits per heavy atom. The predicted molar refractivity (Wildman–Crippen MR) is 117 cm³/mol. The van der Waals surface area contributed by atoms with E-state index in [2.05, 4.69) is 20.9 Å². The van der Waals surface area contributed by atoms with Crippen LogP contribution in [0.15, 0.2) is 65.3 Å². The molecule has 31 heavy (non-hydrogen) atoms. The number of nitrogens with zero attached hydrogens (tertiary/aromatic N) is 1. The van der Waals surface area contributed by atoms with Crippen LogP contribution in [0.2, 0.25) is 0 Å². The Bertz CT molecular complexity index is 1150. The minimum absolute atomic E-state index is 0.0391. The summed E-state index contributed by atoms with van der Waals surface area (Å²) < 4.78 is 41.8. The first kappa shape index (κ1) is 21.5. The van der Waals surface area contributed by atoms with Gasteiger partial charge in [0.25, 0.3) is 0 Å². The van der Waals surface area contributed by atoms with Gasteiger partial charge in [0, 0.05) is 35.5 Å². The number of carbonyl (C=O) groups is 1. The maximum Gasteiger partial charge on any atom is 0.137 e. The molecule has 1 atom stereocenters. The van der Waals surface area contributed by atoms with E-state index < -0.39 is 11.6 Å². The van der Waals surface area contributed by atoms with E-state index in [1.807, 2.05) is 12.1 Å². The lowest BCUT2D eigenvalue weighted by molar-refractivity contribution is -0.118. The third-order valence-electron chi connectivity index (χ3n) is 5.43. The van der Waals surface area contributed by atoms with Crippen LogP contribution in [0, 0.1) is 17.5 Å². The summed E-state index contributed by atoms with van der Waals surface area (Å²) in [4.78, 5) is 17.4. The van der Waals surface area contributed by atoms with Crippen molar-refractivity contribution in [2.45, 2.75) is 31.6 Å². The number of aromatic nitrogens is 1. The third kappa shape index (κ3) is 5.13. The average molecular weight is 486 g/mol. The number of hydrogen-bond donors (Lipinski definition) is 0. The highest BCUT2D eigenvalue weighted by Crippen LogP contribution is 2.34. The van der Waals surface area contributed by atoms with Crippen LogP contribution in [-0.2, 0) is 17.6 Å². The Morgan fingerprint density at radius 3 is 2.55 bits per heavy atom. The van der Waals surface area contributed by atoms with Gasteiger partial charge in [0.05, 0.1) is 5.69 Å². The molecule has 158 valence electrons. The van der Waals surface area contributed by atoms with Gasteiger partial charge in [-0.2, -0.15) is 0 Å². The fraction of sp³-hybridized carbons (Fsp3) is 0.200. The zero-order chi connectivity index (χ0) is 22.0. The zero-order valence-corrected chi connectivity index (χ0v) is 18.1. The number of pyridine rings is 1. The predicted octanol–water partition coefficient (Wildman–Crippen LogP) is 6.58. The summed E-state index contributed by atoms with van der Waals surface area (Å²) in [5.74, 6) is -2.05. The van der Waals surface area contributed by atoms with Gasteiger partial charge < -0.3 is 0 Å². The summed E-state index contributed by atoms with van der Waals surface area (Å²) in [6, 6.07) is 11.6. The zero-order valence-electron chi connectivity index (χ0n) is 16.5. The number of allylic oxidation sites excluding steroid dienone is 2. The molecule has 0 unspecified atom stereocenters. The molecule has 0 saturated heterocycles. The molecule has 1 aliphatic carbocycles. The molecule has 4 rings (SSSR count). The number of benzene rings is 2. The third-order valence-corrected chi connectivity index (χ3v) is 6.10. The molecule has 1 aliphatic rings. The van der Waals surface area contributed by atoms with Gasteiger partial charge in [-0.25, -0.2) is 13.2 Å². The van der Waals surface area contributed by atoms with Crippen molar-refractivity contribution < 1.29 is 18.0 Å². The molecule has 0 spiro atoms. The van der Waals surface area contributed by atoms with Crippen LogP contribution < -0.4 is 0 Å². The van der Waals surface area contributed by atoms with Gasteiger partial charge in [0.15, 0.2) is 0 Å². The molecule has 2 aromatic carbocycles. The topological polar surface area (TPSA) is 30.0 Å². The fourth-order valence-electron chi connectivity index (χ4n) is 4.07. The van der Waals surface area contributed by atoms with Crippen molar-refractivity contribution in [3.8, 4) is 0 Å². The van der Waals surface area contributed by atoms with Crippen molar-refractivity contribution >= 4 is 27.3 Å². The first-order valence-electron chi connectivity index (χ1n) is 9.94. The van der Waals surface area contributed by atoms with Crippen LogP contribution in [0.3, 0.4) is 0 Å². The van der Waals surface area contributed by atoms with Crippen molar-refractivity contribution in [1.82, 2.24) is 4.98 Å². The number of fused-ring (bicyclic) bond motifs is 1. The van der Waals surface area contributed by atoms with E-state index in [9.17, 15) is 18.0 Å². The monoisotopic (exact) mass is 485 g/mol. The maximum absolute atomic E-state index is 13.7. The number of hydrogen-bond acceptors (Lipinski definition) is 2. The van der Waals surface area contributed by atoms with Crippen LogP contribution >= 0.6 is 15.9 Å². The second-order valence-electron chi connectivity index (χ2n) is 7.70. The molecular weight excluding hydrogens is 467 g/mol. The molecule has 1 aromatic heterocycles. The van der Waals surface area contributed by atoms with Gasteiger partial charge in [-0.3, -0.25) is 9.78 Å². The second kappa shape index (κ2) is 9.18. The largest absolute Gasteiger partial charge is 0.299 e. The summed E-state index contributed by atoms with van der Waals surface area (Å²) >= 11 is 3.47. The van der Waals surface area contributed by atoms with Crippen LogP contribution in [0.4, 0.5) is 13.2 Å². The molecule has 0 N–H and O–H groups in total. The molecule has 0 radical (unpaired) electrons. The van der Waals surface area contributed by atoms with E-state index in [1.54, 1.807) is 18.3 Å². The molecule has 6 heteroatoms. The molecule has 3 aromatic rings. The second-order valence-corrected chi connectivity index (χ2v) is 8.56. The summed E-state index contributed by atoms with van der Waals surface area (Å²) in [6.07, 6.45) is 4.85. The first-order chi connectivity index (χ1) is 14.9. The van der Waals surface area contributed by atoms with Gasteiger partial charge in [-0.1, -0.05) is 12.1 Å². The quantitative estimate of drug-likeness (QED) is 0.378. The minimum Gasteiger partial charge on any atom is -0.299 e. The van der Waals surface area contributed by atoms with E-state index in [1.165, 1.54) is 24.3 Å².